The summed E-state index contributed by atoms with van der Waals surface area (Å²) in [5.74, 6) is 1.07. The summed E-state index contributed by atoms with van der Waals surface area (Å²) in [5, 5.41) is 1.24. The second-order valence-electron chi connectivity index (χ2n) is 3.90. The number of hydrogen-bond acceptors (Lipinski definition) is 1. The first-order valence-corrected chi connectivity index (χ1v) is 5.08. The SMILES string of the molecule is Cc1ccc2c3ccccc3nc-2n1C. The molecule has 0 bridgehead atoms. The van der Waals surface area contributed by atoms with Gasteiger partial charge in [0, 0.05) is 23.7 Å². The Morgan fingerprint density at radius 3 is 2.73 bits per heavy atom. The first-order chi connectivity index (χ1) is 7.27. The van der Waals surface area contributed by atoms with Gasteiger partial charge >= 0.3 is 0 Å². The van der Waals surface area contributed by atoms with Gasteiger partial charge in [0.1, 0.15) is 5.82 Å². The van der Waals surface area contributed by atoms with Crippen LogP contribution in [0.5, 0.6) is 0 Å². The van der Waals surface area contributed by atoms with Gasteiger partial charge in [-0.1, -0.05) is 18.2 Å². The number of para-hydroxylation sites is 1. The molecule has 0 spiro atoms. The van der Waals surface area contributed by atoms with E-state index in [1.807, 2.05) is 6.07 Å². The molecule has 1 aromatic rings. The summed E-state index contributed by atoms with van der Waals surface area (Å²) in [5.41, 5.74) is 3.54. The number of benzene rings is 1. The van der Waals surface area contributed by atoms with Crippen LogP contribution in [0.2, 0.25) is 0 Å². The fourth-order valence-corrected chi connectivity index (χ4v) is 2.00. The minimum atomic E-state index is 1.07. The largest absolute Gasteiger partial charge is 0.333 e. The molecule has 0 atom stereocenters. The van der Waals surface area contributed by atoms with Crippen LogP contribution < -0.4 is 0 Å². The third-order valence-electron chi connectivity index (χ3n) is 3.00. The Labute approximate surface area is 88.5 Å². The number of rotatable bonds is 0. The molecule has 2 nitrogen and oxygen atoms in total. The fraction of sp³-hybridized carbons (Fsp3) is 0.154. The summed E-state index contributed by atoms with van der Waals surface area (Å²) in [4.78, 5) is 4.64. The van der Waals surface area contributed by atoms with Crippen molar-refractivity contribution in [3.8, 4) is 11.4 Å². The lowest BCUT2D eigenvalue weighted by molar-refractivity contribution is 0.849. The number of fused-ring (bicyclic) bond motifs is 3. The van der Waals surface area contributed by atoms with E-state index in [9.17, 15) is 0 Å². The van der Waals surface area contributed by atoms with E-state index in [1.54, 1.807) is 0 Å². The third-order valence-corrected chi connectivity index (χ3v) is 3.00. The zero-order valence-electron chi connectivity index (χ0n) is 8.86. The Bertz CT molecular complexity index is 607. The van der Waals surface area contributed by atoms with Gasteiger partial charge in [0.2, 0.25) is 0 Å². The van der Waals surface area contributed by atoms with E-state index >= 15 is 0 Å². The van der Waals surface area contributed by atoms with Crippen molar-refractivity contribution in [2.24, 2.45) is 7.05 Å². The molecule has 2 aliphatic heterocycles. The maximum absolute atomic E-state index is 4.64. The van der Waals surface area contributed by atoms with Crippen molar-refractivity contribution in [3.05, 3.63) is 42.1 Å². The lowest BCUT2D eigenvalue weighted by Gasteiger charge is -2.09. The molecule has 2 heterocycles. The predicted octanol–water partition coefficient (Wildman–Crippen LogP) is 2.99. The first-order valence-electron chi connectivity index (χ1n) is 5.08. The normalized spacial score (nSPS) is 11.3. The fourth-order valence-electron chi connectivity index (χ4n) is 2.00. The van der Waals surface area contributed by atoms with Crippen molar-refractivity contribution in [2.45, 2.75) is 6.92 Å². The lowest BCUT2D eigenvalue weighted by Crippen LogP contribution is -2.00. The van der Waals surface area contributed by atoms with Crippen LogP contribution in [0.15, 0.2) is 36.4 Å². The lowest BCUT2D eigenvalue weighted by atomic mass is 10.1. The highest BCUT2D eigenvalue weighted by atomic mass is 15.0. The molecule has 0 saturated carbocycles. The topological polar surface area (TPSA) is 17.8 Å². The molecule has 15 heavy (non-hydrogen) atoms. The summed E-state index contributed by atoms with van der Waals surface area (Å²) >= 11 is 0. The predicted molar refractivity (Wildman–Crippen MR) is 62.1 cm³/mol. The number of hydrogen-bond donors (Lipinski definition) is 0. The number of pyridine rings is 1. The van der Waals surface area contributed by atoms with Gasteiger partial charge in [0.15, 0.2) is 0 Å². The van der Waals surface area contributed by atoms with Crippen molar-refractivity contribution in [1.29, 1.82) is 0 Å². The van der Waals surface area contributed by atoms with E-state index < -0.39 is 0 Å². The molecule has 1 aromatic carbocycles. The van der Waals surface area contributed by atoms with Gasteiger partial charge in [0.05, 0.1) is 5.52 Å². The number of aryl methyl sites for hydroxylation is 1. The molecular weight excluding hydrogens is 184 g/mol. The zero-order valence-corrected chi connectivity index (χ0v) is 8.86. The molecule has 0 N–H and O–H groups in total. The summed E-state index contributed by atoms with van der Waals surface area (Å²) in [7, 11) is 2.06. The van der Waals surface area contributed by atoms with Gasteiger partial charge in [-0.25, -0.2) is 4.98 Å². The van der Waals surface area contributed by atoms with Gasteiger partial charge in [-0.15, -0.1) is 0 Å². The smallest absolute Gasteiger partial charge is 0.141 e. The second kappa shape index (κ2) is 2.83. The van der Waals surface area contributed by atoms with Gasteiger partial charge < -0.3 is 4.57 Å². The monoisotopic (exact) mass is 196 g/mol. The van der Waals surface area contributed by atoms with Crippen LogP contribution in [-0.2, 0) is 7.05 Å². The summed E-state index contributed by atoms with van der Waals surface area (Å²) in [6.45, 7) is 2.10. The Morgan fingerprint density at radius 1 is 1.07 bits per heavy atom. The van der Waals surface area contributed by atoms with Crippen molar-refractivity contribution in [3.63, 3.8) is 0 Å². The third kappa shape index (κ3) is 1.08. The Balaban J connectivity index is 2.52. The van der Waals surface area contributed by atoms with Crippen molar-refractivity contribution in [2.75, 3.05) is 0 Å². The maximum atomic E-state index is 4.64. The van der Waals surface area contributed by atoms with Crippen LogP contribution in [0.3, 0.4) is 0 Å². The van der Waals surface area contributed by atoms with E-state index in [0.717, 1.165) is 11.3 Å². The summed E-state index contributed by atoms with van der Waals surface area (Å²) in [6.07, 6.45) is 0. The molecule has 0 saturated heterocycles. The highest BCUT2D eigenvalue weighted by Crippen LogP contribution is 2.30. The maximum Gasteiger partial charge on any atom is 0.141 e. The molecule has 74 valence electrons. The molecule has 2 heteroatoms. The Kier molecular flexibility index (Phi) is 1.60. The van der Waals surface area contributed by atoms with E-state index in [-0.39, 0.29) is 0 Å². The molecule has 2 aliphatic rings. The van der Waals surface area contributed by atoms with E-state index in [4.69, 9.17) is 0 Å². The average Bonchev–Trinajstić information content (AvgIpc) is 2.63. The average molecular weight is 196 g/mol. The second-order valence-corrected chi connectivity index (χ2v) is 3.90. The number of aromatic nitrogens is 2. The van der Waals surface area contributed by atoms with Crippen LogP contribution in [0.25, 0.3) is 22.3 Å². The molecule has 0 aliphatic carbocycles. The minimum Gasteiger partial charge on any atom is -0.333 e. The van der Waals surface area contributed by atoms with Gasteiger partial charge in [-0.3, -0.25) is 0 Å². The van der Waals surface area contributed by atoms with E-state index in [1.165, 1.54) is 16.6 Å². The van der Waals surface area contributed by atoms with E-state index in [2.05, 4.69) is 53.9 Å². The summed E-state index contributed by atoms with van der Waals surface area (Å²) in [6, 6.07) is 12.6. The molecule has 0 amide bonds. The van der Waals surface area contributed by atoms with Crippen molar-refractivity contribution >= 4 is 10.9 Å². The quantitative estimate of drug-likeness (QED) is 0.540. The molecule has 0 unspecified atom stereocenters. The molecule has 0 aromatic heterocycles. The van der Waals surface area contributed by atoms with Crippen molar-refractivity contribution in [1.82, 2.24) is 9.55 Å². The van der Waals surface area contributed by atoms with Crippen LogP contribution in [-0.4, -0.2) is 9.55 Å². The minimum absolute atomic E-state index is 1.07. The van der Waals surface area contributed by atoms with Crippen molar-refractivity contribution < 1.29 is 0 Å². The van der Waals surface area contributed by atoms with Gasteiger partial charge in [-0.2, -0.15) is 0 Å². The zero-order chi connectivity index (χ0) is 10.4. The van der Waals surface area contributed by atoms with Crippen LogP contribution in [0.1, 0.15) is 5.69 Å². The Morgan fingerprint density at radius 2 is 1.87 bits per heavy atom. The van der Waals surface area contributed by atoms with Crippen LogP contribution in [0, 0.1) is 6.92 Å². The molecular formula is C13H12N2. The van der Waals surface area contributed by atoms with Gasteiger partial charge in [-0.05, 0) is 25.1 Å². The van der Waals surface area contributed by atoms with Crippen LogP contribution in [0.4, 0.5) is 0 Å². The molecule has 0 radical (unpaired) electrons. The Hall–Kier alpha value is -1.83. The highest BCUT2D eigenvalue weighted by Gasteiger charge is 2.13. The highest BCUT2D eigenvalue weighted by molar-refractivity contribution is 5.96. The molecule has 3 rings (SSSR count). The van der Waals surface area contributed by atoms with Gasteiger partial charge in [0.25, 0.3) is 0 Å². The first kappa shape index (κ1) is 8.48. The summed E-state index contributed by atoms with van der Waals surface area (Å²) < 4.78 is 2.13. The number of nitrogens with zero attached hydrogens (tertiary/aromatic N) is 2. The molecule has 0 fully saturated rings. The standard InChI is InChI=1S/C13H12N2/c1-9-7-8-11-10-5-3-4-6-12(10)14-13(11)15(9)2/h3-8H,1-2H3. The van der Waals surface area contributed by atoms with E-state index in [0.29, 0.717) is 0 Å². The van der Waals surface area contributed by atoms with Crippen LogP contribution >= 0.6 is 0 Å².